The zero-order chi connectivity index (χ0) is 25.4. The van der Waals surface area contributed by atoms with Gasteiger partial charge >= 0.3 is 6.18 Å². The Balaban J connectivity index is 2.10. The van der Waals surface area contributed by atoms with Crippen molar-refractivity contribution in [2.75, 3.05) is 5.32 Å². The van der Waals surface area contributed by atoms with Crippen LogP contribution in [0.1, 0.15) is 42.5 Å². The molecule has 1 amide bonds. The Morgan fingerprint density at radius 1 is 1.21 bits per heavy atom. The van der Waals surface area contributed by atoms with Crippen molar-refractivity contribution in [3.05, 3.63) is 59.2 Å². The van der Waals surface area contributed by atoms with Gasteiger partial charge in [0.05, 0.1) is 11.1 Å². The van der Waals surface area contributed by atoms with Gasteiger partial charge in [-0.15, -0.1) is 0 Å². The molecular weight excluding hydrogens is 456 g/mol. The fourth-order valence-electron chi connectivity index (χ4n) is 3.19. The van der Waals surface area contributed by atoms with Crippen LogP contribution in [0.15, 0.2) is 36.4 Å². The van der Waals surface area contributed by atoms with Gasteiger partial charge in [-0.2, -0.15) is 18.3 Å². The molecule has 0 aliphatic carbocycles. The number of hydrogen-bond donors (Lipinski definition) is 2. The lowest BCUT2D eigenvalue weighted by atomic mass is 10.1. The van der Waals surface area contributed by atoms with Gasteiger partial charge in [-0.3, -0.25) is 4.79 Å². The number of benzene rings is 2. The standard InChI is InChI=1S/C23H24F4N4O3/c1-12-8-6-7-9-17(12)28-20(32)15-10-16(24)14(11-18(15)34-13(2)23(25,26)27)19-29-21(22(3,4)33)31(5)30-19/h6-11,13,33H,1-5H3,(H,28,32). The molecule has 3 rings (SSSR count). The monoisotopic (exact) mass is 480 g/mol. The highest BCUT2D eigenvalue weighted by molar-refractivity contribution is 6.07. The number of nitrogens with zero attached hydrogens (tertiary/aromatic N) is 3. The second-order valence-electron chi connectivity index (χ2n) is 8.34. The highest BCUT2D eigenvalue weighted by atomic mass is 19.4. The van der Waals surface area contributed by atoms with Gasteiger partial charge in [0.1, 0.15) is 17.2 Å². The smallest absolute Gasteiger partial charge is 0.425 e. The van der Waals surface area contributed by atoms with Crippen LogP contribution >= 0.6 is 0 Å². The Morgan fingerprint density at radius 2 is 1.85 bits per heavy atom. The van der Waals surface area contributed by atoms with Crippen LogP contribution in [-0.4, -0.2) is 38.1 Å². The van der Waals surface area contributed by atoms with E-state index < -0.39 is 40.9 Å². The third-order valence-corrected chi connectivity index (χ3v) is 5.02. The molecule has 11 heteroatoms. The minimum absolute atomic E-state index is 0.106. The predicted molar refractivity (Wildman–Crippen MR) is 117 cm³/mol. The third-order valence-electron chi connectivity index (χ3n) is 5.02. The molecule has 0 aliphatic heterocycles. The van der Waals surface area contributed by atoms with Crippen LogP contribution < -0.4 is 10.1 Å². The first kappa shape index (κ1) is 25.2. The summed E-state index contributed by atoms with van der Waals surface area (Å²) >= 11 is 0. The van der Waals surface area contributed by atoms with E-state index in [1.165, 1.54) is 25.6 Å². The van der Waals surface area contributed by atoms with Gasteiger partial charge in [-0.05, 0) is 51.5 Å². The molecule has 7 nitrogen and oxygen atoms in total. The fraction of sp³-hybridized carbons (Fsp3) is 0.348. The van der Waals surface area contributed by atoms with Gasteiger partial charge in [-0.1, -0.05) is 18.2 Å². The molecule has 3 aromatic rings. The van der Waals surface area contributed by atoms with Crippen LogP contribution in [0.5, 0.6) is 5.75 Å². The Morgan fingerprint density at radius 3 is 2.41 bits per heavy atom. The van der Waals surface area contributed by atoms with Crippen LogP contribution in [0.2, 0.25) is 0 Å². The van der Waals surface area contributed by atoms with Crippen LogP contribution in [-0.2, 0) is 12.6 Å². The van der Waals surface area contributed by atoms with Crippen molar-refractivity contribution in [3.63, 3.8) is 0 Å². The minimum atomic E-state index is -4.73. The van der Waals surface area contributed by atoms with Crippen molar-refractivity contribution < 1.29 is 32.2 Å². The lowest BCUT2D eigenvalue weighted by Crippen LogP contribution is -2.32. The van der Waals surface area contributed by atoms with Crippen molar-refractivity contribution in [3.8, 4) is 17.1 Å². The average molecular weight is 480 g/mol. The van der Waals surface area contributed by atoms with Crippen LogP contribution in [0.3, 0.4) is 0 Å². The van der Waals surface area contributed by atoms with Crippen LogP contribution in [0, 0.1) is 12.7 Å². The molecule has 1 unspecified atom stereocenters. The number of aromatic nitrogens is 3. The summed E-state index contributed by atoms with van der Waals surface area (Å²) in [6, 6.07) is 8.49. The topological polar surface area (TPSA) is 89.3 Å². The second kappa shape index (κ2) is 9.05. The largest absolute Gasteiger partial charge is 0.480 e. The summed E-state index contributed by atoms with van der Waals surface area (Å²) in [4.78, 5) is 17.0. The molecule has 1 aromatic heterocycles. The minimum Gasteiger partial charge on any atom is -0.480 e. The highest BCUT2D eigenvalue weighted by Gasteiger charge is 2.39. The molecule has 0 radical (unpaired) electrons. The summed E-state index contributed by atoms with van der Waals surface area (Å²) in [6.45, 7) is 5.41. The van der Waals surface area contributed by atoms with Crippen molar-refractivity contribution >= 4 is 11.6 Å². The molecule has 0 fully saturated rings. The van der Waals surface area contributed by atoms with Crippen molar-refractivity contribution in [2.45, 2.75) is 45.6 Å². The summed E-state index contributed by atoms with van der Waals surface area (Å²) in [5.74, 6) is -2.38. The third kappa shape index (κ3) is 5.36. The summed E-state index contributed by atoms with van der Waals surface area (Å²) in [6.07, 6.45) is -7.00. The van der Waals surface area contributed by atoms with E-state index in [0.717, 1.165) is 19.1 Å². The molecule has 2 aromatic carbocycles. The highest BCUT2D eigenvalue weighted by Crippen LogP contribution is 2.34. The van der Waals surface area contributed by atoms with Crippen LogP contribution in [0.25, 0.3) is 11.4 Å². The first-order valence-corrected chi connectivity index (χ1v) is 10.3. The molecule has 1 atom stereocenters. The zero-order valence-electron chi connectivity index (χ0n) is 19.2. The van der Waals surface area contributed by atoms with Crippen molar-refractivity contribution in [1.29, 1.82) is 0 Å². The molecule has 2 N–H and O–H groups in total. The normalized spacial score (nSPS) is 13.0. The van der Waals surface area contributed by atoms with E-state index >= 15 is 4.39 Å². The fourth-order valence-corrected chi connectivity index (χ4v) is 3.19. The number of amides is 1. The number of para-hydroxylation sites is 1. The molecular formula is C23H24F4N4O3. The lowest BCUT2D eigenvalue weighted by Gasteiger charge is -2.20. The summed E-state index contributed by atoms with van der Waals surface area (Å²) in [5.41, 5.74) is -1.01. The molecule has 0 bridgehead atoms. The van der Waals surface area contributed by atoms with E-state index in [2.05, 4.69) is 15.4 Å². The number of anilines is 1. The number of carbonyl (C=O) groups is 1. The molecule has 182 valence electrons. The maximum Gasteiger partial charge on any atom is 0.425 e. The maximum atomic E-state index is 15.1. The van der Waals surface area contributed by atoms with Crippen molar-refractivity contribution in [2.24, 2.45) is 7.05 Å². The first-order chi connectivity index (χ1) is 15.7. The molecule has 1 heterocycles. The molecule has 0 spiro atoms. The van der Waals surface area contributed by atoms with E-state index in [1.54, 1.807) is 31.2 Å². The Bertz CT molecular complexity index is 1220. The zero-order valence-corrected chi connectivity index (χ0v) is 19.2. The molecule has 0 aliphatic rings. The summed E-state index contributed by atoms with van der Waals surface area (Å²) < 4.78 is 61.0. The molecule has 0 saturated heterocycles. The predicted octanol–water partition coefficient (Wildman–Crippen LogP) is 4.74. The average Bonchev–Trinajstić information content (AvgIpc) is 3.11. The number of hydrogen-bond acceptors (Lipinski definition) is 5. The number of aryl methyl sites for hydroxylation is 2. The Hall–Kier alpha value is -3.47. The van der Waals surface area contributed by atoms with E-state index in [0.29, 0.717) is 11.3 Å². The maximum absolute atomic E-state index is 15.1. The molecule has 34 heavy (non-hydrogen) atoms. The SMILES string of the molecule is Cc1ccccc1NC(=O)c1cc(F)c(-c2nc(C(C)(C)O)n(C)n2)cc1OC(C)C(F)(F)F. The van der Waals surface area contributed by atoms with Crippen molar-refractivity contribution in [1.82, 2.24) is 14.8 Å². The van der Waals surface area contributed by atoms with E-state index in [-0.39, 0.29) is 17.2 Å². The number of ether oxygens (including phenoxy) is 1. The van der Waals surface area contributed by atoms with Gasteiger partial charge in [0.2, 0.25) is 0 Å². The number of aliphatic hydroxyl groups is 1. The van der Waals surface area contributed by atoms with Gasteiger partial charge in [-0.25, -0.2) is 14.1 Å². The quantitative estimate of drug-likeness (QED) is 0.498. The van der Waals surface area contributed by atoms with Gasteiger partial charge in [0.15, 0.2) is 17.8 Å². The van der Waals surface area contributed by atoms with Gasteiger partial charge in [0, 0.05) is 12.7 Å². The summed E-state index contributed by atoms with van der Waals surface area (Å²) in [7, 11) is 1.48. The number of carbonyl (C=O) groups excluding carboxylic acids is 1. The van der Waals surface area contributed by atoms with Gasteiger partial charge < -0.3 is 15.2 Å². The summed E-state index contributed by atoms with van der Waals surface area (Å²) in [5, 5.41) is 16.8. The van der Waals surface area contributed by atoms with E-state index in [1.807, 2.05) is 0 Å². The number of rotatable bonds is 6. The first-order valence-electron chi connectivity index (χ1n) is 10.3. The lowest BCUT2D eigenvalue weighted by molar-refractivity contribution is -0.189. The molecule has 0 saturated carbocycles. The number of nitrogens with one attached hydrogen (secondary N) is 1. The Labute approximate surface area is 193 Å². The Kier molecular flexibility index (Phi) is 6.70. The van der Waals surface area contributed by atoms with E-state index in [4.69, 9.17) is 4.74 Å². The van der Waals surface area contributed by atoms with E-state index in [9.17, 15) is 23.1 Å². The number of alkyl halides is 3. The van der Waals surface area contributed by atoms with Gasteiger partial charge in [0.25, 0.3) is 5.91 Å². The number of halogens is 4. The van der Waals surface area contributed by atoms with Crippen LogP contribution in [0.4, 0.5) is 23.2 Å². The second-order valence-corrected chi connectivity index (χ2v) is 8.34.